The van der Waals surface area contributed by atoms with Crippen LogP contribution in [0.15, 0.2) is 97.1 Å². The second-order valence-electron chi connectivity index (χ2n) is 8.87. The molecule has 0 radical (unpaired) electrons. The van der Waals surface area contributed by atoms with Crippen LogP contribution in [0.25, 0.3) is 61.5 Å². The van der Waals surface area contributed by atoms with E-state index in [1.807, 2.05) is 0 Å². The lowest BCUT2D eigenvalue weighted by molar-refractivity contribution is 1.18. The number of aryl methyl sites for hydroxylation is 1. The van der Waals surface area contributed by atoms with E-state index in [1.165, 1.54) is 65.4 Å². The van der Waals surface area contributed by atoms with E-state index in [1.54, 1.807) is 0 Å². The van der Waals surface area contributed by atoms with Gasteiger partial charge in [-0.1, -0.05) is 84.9 Å². The summed E-state index contributed by atoms with van der Waals surface area (Å²) in [6.07, 6.45) is 4.50. The average molecular weight is 438 g/mol. The molecule has 34 heavy (non-hydrogen) atoms. The number of para-hydroxylation sites is 2. The third-order valence-corrected chi connectivity index (χ3v) is 7.14. The quantitative estimate of drug-likeness (QED) is 0.264. The van der Waals surface area contributed by atoms with Crippen LogP contribution in [0.4, 0.5) is 0 Å². The van der Waals surface area contributed by atoms with E-state index in [0.717, 1.165) is 0 Å². The molecule has 6 aromatic rings. The predicted octanol–water partition coefficient (Wildman–Crippen LogP) is 7.51. The molecule has 0 atom stereocenters. The lowest BCUT2D eigenvalue weighted by Crippen LogP contribution is -2.29. The number of aromatic nitrogens is 1. The van der Waals surface area contributed by atoms with E-state index in [0.29, 0.717) is 0 Å². The van der Waals surface area contributed by atoms with Gasteiger partial charge in [-0.2, -0.15) is 0 Å². The highest BCUT2D eigenvalue weighted by atomic mass is 15.0. The average Bonchev–Trinajstić information content (AvgIpc) is 3.23. The first kappa shape index (κ1) is 20.5. The Kier molecular flexibility index (Phi) is 4.85. The number of fused-ring (bicyclic) bond motifs is 4. The summed E-state index contributed by atoms with van der Waals surface area (Å²) in [6.45, 7) is 6.52. The van der Waals surface area contributed by atoms with E-state index < -0.39 is 0 Å². The van der Waals surface area contributed by atoms with Crippen molar-refractivity contribution in [2.45, 2.75) is 20.8 Å². The van der Waals surface area contributed by atoms with E-state index in [9.17, 15) is 0 Å². The zero-order valence-corrected chi connectivity index (χ0v) is 19.8. The Hall–Kier alpha value is -4.10. The van der Waals surface area contributed by atoms with Gasteiger partial charge in [0.15, 0.2) is 0 Å². The molecule has 0 aliphatic heterocycles. The number of rotatable bonds is 2. The Balaban J connectivity index is 1.62. The van der Waals surface area contributed by atoms with Crippen LogP contribution in [0.3, 0.4) is 0 Å². The lowest BCUT2D eigenvalue weighted by Gasteiger charge is -2.14. The molecule has 0 unspecified atom stereocenters. The van der Waals surface area contributed by atoms with Gasteiger partial charge in [0.25, 0.3) is 0 Å². The summed E-state index contributed by atoms with van der Waals surface area (Å²) in [5.74, 6) is 0. The SMILES string of the molecule is C/C=c1/c(C)c2ccccc2c(-c2ccc(-n3c4ccccc4c4ccccc43)cc2)/c1=C/C. The van der Waals surface area contributed by atoms with Gasteiger partial charge in [0.2, 0.25) is 0 Å². The zero-order chi connectivity index (χ0) is 23.2. The molecule has 0 aliphatic rings. The Morgan fingerprint density at radius 2 is 1.03 bits per heavy atom. The second-order valence-corrected chi connectivity index (χ2v) is 8.87. The van der Waals surface area contributed by atoms with E-state index >= 15 is 0 Å². The number of hydrogen-bond donors (Lipinski definition) is 0. The standard InChI is InChI=1S/C33H27N/c1-4-25-22(3)27-12-6-7-15-30(27)33(26(25)5-2)23-18-20-24(21-19-23)34-31-16-10-8-13-28(31)29-14-9-11-17-32(29)34/h4-21H,1-3H3/b25-4-,26-5+. The van der Waals surface area contributed by atoms with Gasteiger partial charge in [0, 0.05) is 16.5 Å². The monoisotopic (exact) mass is 437 g/mol. The van der Waals surface area contributed by atoms with Crippen LogP contribution in [-0.2, 0) is 0 Å². The van der Waals surface area contributed by atoms with Crippen LogP contribution in [0.5, 0.6) is 0 Å². The molecular formula is C33H27N. The first-order chi connectivity index (χ1) is 16.7. The van der Waals surface area contributed by atoms with E-state index in [4.69, 9.17) is 0 Å². The largest absolute Gasteiger partial charge is 0.309 e. The van der Waals surface area contributed by atoms with Gasteiger partial charge in [0.05, 0.1) is 11.0 Å². The summed E-state index contributed by atoms with van der Waals surface area (Å²) < 4.78 is 2.37. The van der Waals surface area contributed by atoms with Gasteiger partial charge in [0.1, 0.15) is 0 Å². The summed E-state index contributed by atoms with van der Waals surface area (Å²) in [4.78, 5) is 0. The minimum atomic E-state index is 1.18. The molecule has 6 rings (SSSR count). The predicted molar refractivity (Wildman–Crippen MR) is 148 cm³/mol. The van der Waals surface area contributed by atoms with Crippen LogP contribution < -0.4 is 10.4 Å². The topological polar surface area (TPSA) is 4.93 Å². The fourth-order valence-corrected chi connectivity index (χ4v) is 5.62. The van der Waals surface area contributed by atoms with Crippen molar-refractivity contribution >= 4 is 44.7 Å². The van der Waals surface area contributed by atoms with Gasteiger partial charge >= 0.3 is 0 Å². The maximum absolute atomic E-state index is 2.37. The molecule has 1 heteroatoms. The van der Waals surface area contributed by atoms with Crippen LogP contribution >= 0.6 is 0 Å². The Labute approximate surface area is 199 Å². The van der Waals surface area contributed by atoms with Gasteiger partial charge in [-0.05, 0) is 82.9 Å². The van der Waals surface area contributed by atoms with Crippen LogP contribution in [-0.4, -0.2) is 4.57 Å². The highest BCUT2D eigenvalue weighted by Crippen LogP contribution is 2.33. The van der Waals surface area contributed by atoms with Crippen LogP contribution in [0.2, 0.25) is 0 Å². The minimum absolute atomic E-state index is 1.18. The highest BCUT2D eigenvalue weighted by molar-refractivity contribution is 6.09. The molecule has 0 spiro atoms. The molecule has 1 nitrogen and oxygen atoms in total. The van der Waals surface area contributed by atoms with E-state index in [2.05, 4.69) is 135 Å². The maximum Gasteiger partial charge on any atom is 0.0541 e. The summed E-state index contributed by atoms with van der Waals surface area (Å²) in [6, 6.07) is 35.2. The number of benzene rings is 5. The molecule has 0 saturated heterocycles. The van der Waals surface area contributed by atoms with E-state index in [-0.39, 0.29) is 0 Å². The normalized spacial score (nSPS) is 12.9. The van der Waals surface area contributed by atoms with Gasteiger partial charge in [-0.25, -0.2) is 0 Å². The third-order valence-electron chi connectivity index (χ3n) is 7.14. The molecule has 0 aliphatic carbocycles. The number of hydrogen-bond acceptors (Lipinski definition) is 0. The Bertz CT molecular complexity index is 1760. The van der Waals surface area contributed by atoms with Crippen molar-refractivity contribution in [3.8, 4) is 16.8 Å². The highest BCUT2D eigenvalue weighted by Gasteiger charge is 2.13. The molecule has 0 N–H and O–H groups in total. The smallest absolute Gasteiger partial charge is 0.0541 e. The summed E-state index contributed by atoms with van der Waals surface area (Å²) in [5.41, 5.74) is 7.56. The minimum Gasteiger partial charge on any atom is -0.309 e. The Morgan fingerprint density at radius 1 is 0.529 bits per heavy atom. The molecule has 1 aromatic heterocycles. The third kappa shape index (κ3) is 2.94. The fourth-order valence-electron chi connectivity index (χ4n) is 5.62. The molecule has 0 bridgehead atoms. The zero-order valence-electron chi connectivity index (χ0n) is 19.8. The Morgan fingerprint density at radius 3 is 1.59 bits per heavy atom. The summed E-state index contributed by atoms with van der Waals surface area (Å²) in [5, 5.41) is 7.84. The van der Waals surface area contributed by atoms with Crippen molar-refractivity contribution in [1.29, 1.82) is 0 Å². The molecule has 0 saturated carbocycles. The second kappa shape index (κ2) is 8.04. The maximum atomic E-state index is 2.37. The van der Waals surface area contributed by atoms with Crippen molar-refractivity contribution in [3.63, 3.8) is 0 Å². The molecule has 5 aromatic carbocycles. The van der Waals surface area contributed by atoms with Crippen molar-refractivity contribution in [3.05, 3.63) is 113 Å². The van der Waals surface area contributed by atoms with Crippen LogP contribution in [0, 0.1) is 6.92 Å². The summed E-state index contributed by atoms with van der Waals surface area (Å²) >= 11 is 0. The summed E-state index contributed by atoms with van der Waals surface area (Å²) in [7, 11) is 0. The number of nitrogens with zero attached hydrogens (tertiary/aromatic N) is 1. The van der Waals surface area contributed by atoms with Gasteiger partial charge < -0.3 is 4.57 Å². The first-order valence-electron chi connectivity index (χ1n) is 12.0. The van der Waals surface area contributed by atoms with Crippen molar-refractivity contribution < 1.29 is 0 Å². The first-order valence-corrected chi connectivity index (χ1v) is 12.0. The molecule has 1 heterocycles. The van der Waals surface area contributed by atoms with Crippen LogP contribution in [0.1, 0.15) is 19.4 Å². The van der Waals surface area contributed by atoms with Crippen molar-refractivity contribution in [2.75, 3.05) is 0 Å². The molecule has 0 amide bonds. The fraction of sp³-hybridized carbons (Fsp3) is 0.0909. The van der Waals surface area contributed by atoms with Gasteiger partial charge in [-0.3, -0.25) is 0 Å². The van der Waals surface area contributed by atoms with Gasteiger partial charge in [-0.15, -0.1) is 0 Å². The molecule has 164 valence electrons. The molecular weight excluding hydrogens is 410 g/mol. The lowest BCUT2D eigenvalue weighted by atomic mass is 9.91. The molecule has 0 fully saturated rings. The van der Waals surface area contributed by atoms with Crippen molar-refractivity contribution in [2.24, 2.45) is 0 Å². The van der Waals surface area contributed by atoms with Crippen molar-refractivity contribution in [1.82, 2.24) is 4.57 Å².